The molecule has 1 heterocycles. The highest BCUT2D eigenvalue weighted by Gasteiger charge is 2.17. The Bertz CT molecular complexity index is 587. The highest BCUT2D eigenvalue weighted by molar-refractivity contribution is 5.34. The molecule has 0 saturated carbocycles. The number of methoxy groups -OCH3 is 1. The van der Waals surface area contributed by atoms with Crippen LogP contribution in [0.15, 0.2) is 30.6 Å². The number of aromatic nitrogens is 2. The Morgan fingerprint density at radius 3 is 2.67 bits per heavy atom. The lowest BCUT2D eigenvalue weighted by molar-refractivity contribution is 0.385. The molecule has 21 heavy (non-hydrogen) atoms. The molecule has 0 aliphatic rings. The van der Waals surface area contributed by atoms with Crippen LogP contribution in [0.3, 0.4) is 0 Å². The van der Waals surface area contributed by atoms with Gasteiger partial charge >= 0.3 is 0 Å². The molecule has 5 heteroatoms. The number of halogens is 1. The minimum Gasteiger partial charge on any atom is -0.494 e. The lowest BCUT2D eigenvalue weighted by Gasteiger charge is -2.19. The molecule has 112 valence electrons. The Labute approximate surface area is 124 Å². The second-order valence-corrected chi connectivity index (χ2v) is 4.86. The highest BCUT2D eigenvalue weighted by atomic mass is 19.1. The molecule has 1 unspecified atom stereocenters. The summed E-state index contributed by atoms with van der Waals surface area (Å²) in [5.74, 6) is -0.138. The summed E-state index contributed by atoms with van der Waals surface area (Å²) in [6, 6.07) is 4.77. The van der Waals surface area contributed by atoms with E-state index in [2.05, 4.69) is 22.2 Å². The fourth-order valence-electron chi connectivity index (χ4n) is 2.10. The van der Waals surface area contributed by atoms with Crippen molar-refractivity contribution < 1.29 is 9.13 Å². The maximum atomic E-state index is 13.9. The molecule has 0 radical (unpaired) electrons. The van der Waals surface area contributed by atoms with Crippen molar-refractivity contribution in [2.45, 2.75) is 26.3 Å². The van der Waals surface area contributed by atoms with Crippen molar-refractivity contribution in [2.24, 2.45) is 0 Å². The van der Waals surface area contributed by atoms with E-state index in [0.29, 0.717) is 0 Å². The molecule has 1 N–H and O–H groups in total. The van der Waals surface area contributed by atoms with Gasteiger partial charge in [0.05, 0.1) is 30.7 Å². The molecule has 0 fully saturated rings. The van der Waals surface area contributed by atoms with Gasteiger partial charge in [0.15, 0.2) is 11.6 Å². The Hall–Kier alpha value is -2.01. The van der Waals surface area contributed by atoms with Crippen molar-refractivity contribution in [3.8, 4) is 5.75 Å². The Balaban J connectivity index is 2.35. The van der Waals surface area contributed by atoms with E-state index in [-0.39, 0.29) is 17.6 Å². The largest absolute Gasteiger partial charge is 0.494 e. The number of aryl methyl sites for hydroxylation is 1. The molecule has 0 saturated heterocycles. The van der Waals surface area contributed by atoms with Crippen LogP contribution in [0.25, 0.3) is 0 Å². The molecule has 0 spiro atoms. The topological polar surface area (TPSA) is 47.0 Å². The summed E-state index contributed by atoms with van der Waals surface area (Å²) in [5.41, 5.74) is 2.44. The Morgan fingerprint density at radius 1 is 1.29 bits per heavy atom. The molecule has 0 aliphatic heterocycles. The summed E-state index contributed by atoms with van der Waals surface area (Å²) in [6.07, 6.45) is 4.43. The number of rotatable bonds is 6. The number of hydrogen-bond acceptors (Lipinski definition) is 4. The van der Waals surface area contributed by atoms with Crippen molar-refractivity contribution in [3.63, 3.8) is 0 Å². The predicted molar refractivity (Wildman–Crippen MR) is 79.9 cm³/mol. The maximum Gasteiger partial charge on any atom is 0.165 e. The van der Waals surface area contributed by atoms with Crippen LogP contribution in [0.2, 0.25) is 0 Å². The zero-order valence-electron chi connectivity index (χ0n) is 12.6. The van der Waals surface area contributed by atoms with Gasteiger partial charge < -0.3 is 10.1 Å². The van der Waals surface area contributed by atoms with Crippen LogP contribution >= 0.6 is 0 Å². The Morgan fingerprint density at radius 2 is 2.10 bits per heavy atom. The minimum absolute atomic E-state index is 0.182. The molecule has 1 aromatic carbocycles. The van der Waals surface area contributed by atoms with E-state index in [1.54, 1.807) is 18.5 Å². The minimum atomic E-state index is -0.377. The first-order chi connectivity index (χ1) is 10.2. The average molecular weight is 289 g/mol. The van der Waals surface area contributed by atoms with Crippen LogP contribution in [0.1, 0.15) is 36.3 Å². The lowest BCUT2D eigenvalue weighted by Crippen LogP contribution is -2.24. The molecule has 1 atom stereocenters. The first-order valence-corrected chi connectivity index (χ1v) is 7.01. The molecular formula is C16H20FN3O. The molecule has 2 aromatic rings. The van der Waals surface area contributed by atoms with Crippen molar-refractivity contribution in [1.82, 2.24) is 15.3 Å². The van der Waals surface area contributed by atoms with Crippen LogP contribution in [0.5, 0.6) is 5.75 Å². The summed E-state index contributed by atoms with van der Waals surface area (Å²) in [6.45, 7) is 4.78. The Kier molecular flexibility index (Phi) is 5.22. The summed E-state index contributed by atoms with van der Waals surface area (Å²) in [4.78, 5) is 8.67. The van der Waals surface area contributed by atoms with Crippen LogP contribution in [0.4, 0.5) is 4.39 Å². The SMILES string of the molecule is CCCNC(c1ccc(OC)c(F)c1)c1cnc(C)cn1. The molecule has 0 bridgehead atoms. The van der Waals surface area contributed by atoms with Gasteiger partial charge in [0.25, 0.3) is 0 Å². The van der Waals surface area contributed by atoms with Gasteiger partial charge in [0, 0.05) is 6.20 Å². The first kappa shape index (κ1) is 15.4. The zero-order chi connectivity index (χ0) is 15.2. The van der Waals surface area contributed by atoms with Crippen molar-refractivity contribution in [3.05, 3.63) is 53.4 Å². The van der Waals surface area contributed by atoms with Gasteiger partial charge in [0.2, 0.25) is 0 Å². The van der Waals surface area contributed by atoms with E-state index in [4.69, 9.17) is 4.74 Å². The number of ether oxygens (including phenoxy) is 1. The smallest absolute Gasteiger partial charge is 0.165 e. The van der Waals surface area contributed by atoms with Crippen LogP contribution in [-0.2, 0) is 0 Å². The molecule has 2 rings (SSSR count). The summed E-state index contributed by atoms with van der Waals surface area (Å²) in [7, 11) is 1.45. The number of nitrogens with one attached hydrogen (secondary N) is 1. The molecule has 1 aromatic heterocycles. The normalized spacial score (nSPS) is 12.2. The van der Waals surface area contributed by atoms with E-state index in [1.807, 2.05) is 13.0 Å². The quantitative estimate of drug-likeness (QED) is 0.888. The predicted octanol–water partition coefficient (Wildman–Crippen LogP) is 3.02. The number of nitrogens with zero attached hydrogens (tertiary/aromatic N) is 2. The number of hydrogen-bond donors (Lipinski definition) is 1. The maximum absolute atomic E-state index is 13.9. The van der Waals surface area contributed by atoms with Crippen molar-refractivity contribution >= 4 is 0 Å². The lowest BCUT2D eigenvalue weighted by atomic mass is 10.0. The third-order valence-electron chi connectivity index (χ3n) is 3.20. The number of benzene rings is 1. The van der Waals surface area contributed by atoms with Crippen LogP contribution in [0, 0.1) is 12.7 Å². The third kappa shape index (κ3) is 3.76. The summed E-state index contributed by atoms with van der Waals surface area (Å²) >= 11 is 0. The van der Waals surface area contributed by atoms with Crippen molar-refractivity contribution in [2.75, 3.05) is 13.7 Å². The van der Waals surface area contributed by atoms with E-state index >= 15 is 0 Å². The molecule has 0 aliphatic carbocycles. The van der Waals surface area contributed by atoms with E-state index in [0.717, 1.165) is 29.9 Å². The van der Waals surface area contributed by atoms with E-state index in [9.17, 15) is 4.39 Å². The van der Waals surface area contributed by atoms with Gasteiger partial charge in [-0.3, -0.25) is 9.97 Å². The van der Waals surface area contributed by atoms with Gasteiger partial charge in [-0.25, -0.2) is 4.39 Å². The average Bonchev–Trinajstić information content (AvgIpc) is 2.49. The van der Waals surface area contributed by atoms with E-state index < -0.39 is 0 Å². The van der Waals surface area contributed by atoms with Gasteiger partial charge in [-0.2, -0.15) is 0 Å². The standard InChI is InChI=1S/C16H20FN3O/c1-4-7-18-16(14-10-19-11(2)9-20-14)12-5-6-15(21-3)13(17)8-12/h5-6,8-10,16,18H,4,7H2,1-3H3. The molecule has 4 nitrogen and oxygen atoms in total. The second-order valence-electron chi connectivity index (χ2n) is 4.86. The molecular weight excluding hydrogens is 269 g/mol. The van der Waals surface area contributed by atoms with Crippen molar-refractivity contribution in [1.29, 1.82) is 0 Å². The van der Waals surface area contributed by atoms with Gasteiger partial charge in [-0.05, 0) is 37.6 Å². The van der Waals surface area contributed by atoms with Gasteiger partial charge in [0.1, 0.15) is 0 Å². The van der Waals surface area contributed by atoms with Gasteiger partial charge in [-0.1, -0.05) is 13.0 Å². The summed E-state index contributed by atoms with van der Waals surface area (Å²) in [5, 5.41) is 3.38. The first-order valence-electron chi connectivity index (χ1n) is 7.01. The van der Waals surface area contributed by atoms with Crippen LogP contribution < -0.4 is 10.1 Å². The third-order valence-corrected chi connectivity index (χ3v) is 3.20. The second kappa shape index (κ2) is 7.13. The highest BCUT2D eigenvalue weighted by Crippen LogP contribution is 2.25. The zero-order valence-corrected chi connectivity index (χ0v) is 12.6. The summed E-state index contributed by atoms with van der Waals surface area (Å²) < 4.78 is 18.9. The van der Waals surface area contributed by atoms with Crippen LogP contribution in [-0.4, -0.2) is 23.6 Å². The molecule has 0 amide bonds. The monoisotopic (exact) mass is 289 g/mol. The fraction of sp³-hybridized carbons (Fsp3) is 0.375. The fourth-order valence-corrected chi connectivity index (χ4v) is 2.10. The van der Waals surface area contributed by atoms with E-state index in [1.165, 1.54) is 13.2 Å². The van der Waals surface area contributed by atoms with Gasteiger partial charge in [-0.15, -0.1) is 0 Å².